The number of aliphatic carboxylic acids is 1. The summed E-state index contributed by atoms with van der Waals surface area (Å²) >= 11 is 7.33. The van der Waals surface area contributed by atoms with Crippen molar-refractivity contribution >= 4 is 40.8 Å². The van der Waals surface area contributed by atoms with Crippen LogP contribution in [-0.2, 0) is 22.7 Å². The minimum absolute atomic E-state index is 0.0349. The van der Waals surface area contributed by atoms with E-state index in [1.807, 2.05) is 66.7 Å². The largest absolute Gasteiger partial charge is 0.479 e. The van der Waals surface area contributed by atoms with Crippen LogP contribution in [0.25, 0.3) is 21.6 Å². The molecule has 0 saturated carbocycles. The Morgan fingerprint density at radius 2 is 1.47 bits per heavy atom. The lowest BCUT2D eigenvalue weighted by molar-refractivity contribution is -0.139. The van der Waals surface area contributed by atoms with Crippen molar-refractivity contribution in [1.82, 2.24) is 4.90 Å². The van der Waals surface area contributed by atoms with Gasteiger partial charge in [0, 0.05) is 20.0 Å². The standard InChI is InChI=1S/C29H24ClNO6S/c1-18(32)31(15-19-10-12-22(13-11-19)21-7-3-2-4-8-21)16-20-6-5-9-23(14-20)27-25(30)26(37-17-24(33)34)28(38-27)29(35)36/h2-14H,15-17H2,1H3,(H,33,34)(H,35,36). The molecule has 0 aliphatic rings. The minimum atomic E-state index is -1.26. The Bertz CT molecular complexity index is 1470. The number of carbonyl (C=O) groups is 3. The van der Waals surface area contributed by atoms with E-state index < -0.39 is 18.5 Å². The summed E-state index contributed by atoms with van der Waals surface area (Å²) in [5, 5.41) is 18.5. The molecule has 2 N–H and O–H groups in total. The number of rotatable bonds is 10. The molecule has 1 heterocycles. The van der Waals surface area contributed by atoms with Gasteiger partial charge in [0.1, 0.15) is 5.02 Å². The van der Waals surface area contributed by atoms with Crippen LogP contribution in [0.4, 0.5) is 0 Å². The molecule has 3 aromatic carbocycles. The molecule has 1 aromatic heterocycles. The molecule has 0 fully saturated rings. The quantitative estimate of drug-likeness (QED) is 0.236. The predicted molar refractivity (Wildman–Crippen MR) is 147 cm³/mol. The molecular formula is C29H24ClNO6S. The van der Waals surface area contributed by atoms with Gasteiger partial charge in [-0.2, -0.15) is 0 Å². The van der Waals surface area contributed by atoms with Crippen LogP contribution in [0, 0.1) is 0 Å². The first-order valence-corrected chi connectivity index (χ1v) is 12.8. The average molecular weight is 550 g/mol. The van der Waals surface area contributed by atoms with E-state index in [1.54, 1.807) is 17.0 Å². The number of benzene rings is 3. The molecule has 9 heteroatoms. The maximum atomic E-state index is 12.5. The van der Waals surface area contributed by atoms with Gasteiger partial charge in [-0.25, -0.2) is 9.59 Å². The molecule has 0 atom stereocenters. The summed E-state index contributed by atoms with van der Waals surface area (Å²) in [6, 6.07) is 25.4. The van der Waals surface area contributed by atoms with Crippen molar-refractivity contribution in [2.45, 2.75) is 20.0 Å². The zero-order valence-corrected chi connectivity index (χ0v) is 22.0. The number of nitrogens with zero attached hydrogens (tertiary/aromatic N) is 1. The van der Waals surface area contributed by atoms with E-state index in [0.717, 1.165) is 33.6 Å². The second-order valence-electron chi connectivity index (χ2n) is 8.53. The first kappa shape index (κ1) is 26.9. The maximum absolute atomic E-state index is 12.5. The fraction of sp³-hybridized carbons (Fsp3) is 0.138. The number of thiophene rings is 1. The zero-order valence-electron chi connectivity index (χ0n) is 20.4. The Balaban J connectivity index is 1.55. The van der Waals surface area contributed by atoms with Crippen LogP contribution in [0.15, 0.2) is 78.9 Å². The Hall–Kier alpha value is -4.14. The maximum Gasteiger partial charge on any atom is 0.349 e. The SMILES string of the molecule is CC(=O)N(Cc1ccc(-c2ccccc2)cc1)Cc1cccc(-c2sc(C(=O)O)c(OCC(=O)O)c2Cl)c1. The number of carbonyl (C=O) groups excluding carboxylic acids is 1. The molecule has 4 rings (SSSR count). The molecule has 0 unspecified atom stereocenters. The molecule has 0 radical (unpaired) electrons. The molecule has 0 bridgehead atoms. The smallest absolute Gasteiger partial charge is 0.349 e. The second kappa shape index (κ2) is 11.9. The highest BCUT2D eigenvalue weighted by atomic mass is 35.5. The van der Waals surface area contributed by atoms with Gasteiger partial charge in [0.25, 0.3) is 0 Å². The highest BCUT2D eigenvalue weighted by Gasteiger charge is 2.25. The molecule has 194 valence electrons. The van der Waals surface area contributed by atoms with Crippen LogP contribution in [0.5, 0.6) is 5.75 Å². The van der Waals surface area contributed by atoms with Crippen LogP contribution < -0.4 is 4.74 Å². The number of aromatic carboxylic acids is 1. The second-order valence-corrected chi connectivity index (χ2v) is 9.93. The van der Waals surface area contributed by atoms with Crippen LogP contribution in [0.3, 0.4) is 0 Å². The lowest BCUT2D eigenvalue weighted by Gasteiger charge is -2.22. The lowest BCUT2D eigenvalue weighted by atomic mass is 10.0. The summed E-state index contributed by atoms with van der Waals surface area (Å²) in [6.07, 6.45) is 0. The number of hydrogen-bond acceptors (Lipinski definition) is 5. The summed E-state index contributed by atoms with van der Waals surface area (Å²) in [6.45, 7) is 1.56. The monoisotopic (exact) mass is 549 g/mol. The lowest BCUT2D eigenvalue weighted by Crippen LogP contribution is -2.27. The molecule has 0 saturated heterocycles. The van der Waals surface area contributed by atoms with Gasteiger partial charge in [0.15, 0.2) is 17.2 Å². The number of carboxylic acids is 2. The molecule has 0 aliphatic heterocycles. The Morgan fingerprint density at radius 1 is 0.842 bits per heavy atom. The van der Waals surface area contributed by atoms with Gasteiger partial charge in [0.05, 0.1) is 4.88 Å². The van der Waals surface area contributed by atoms with Crippen LogP contribution in [-0.4, -0.2) is 39.6 Å². The number of carboxylic acid groups (broad SMARTS) is 2. The van der Waals surface area contributed by atoms with E-state index in [4.69, 9.17) is 21.4 Å². The first-order valence-electron chi connectivity index (χ1n) is 11.6. The van der Waals surface area contributed by atoms with Gasteiger partial charge in [-0.05, 0) is 33.9 Å². The number of hydrogen-bond donors (Lipinski definition) is 2. The minimum Gasteiger partial charge on any atom is -0.479 e. The Kier molecular flexibility index (Phi) is 8.45. The van der Waals surface area contributed by atoms with Crippen molar-refractivity contribution in [2.75, 3.05) is 6.61 Å². The van der Waals surface area contributed by atoms with Gasteiger partial charge >= 0.3 is 11.9 Å². The van der Waals surface area contributed by atoms with Crippen LogP contribution in [0.1, 0.15) is 27.7 Å². The highest BCUT2D eigenvalue weighted by Crippen LogP contribution is 2.45. The van der Waals surface area contributed by atoms with E-state index >= 15 is 0 Å². The summed E-state index contributed by atoms with van der Waals surface area (Å²) in [4.78, 5) is 37.1. The van der Waals surface area contributed by atoms with Crippen molar-refractivity contribution < 1.29 is 29.3 Å². The number of ether oxygens (including phenoxy) is 1. The summed E-state index contributed by atoms with van der Waals surface area (Å²) < 4.78 is 5.17. The third kappa shape index (κ3) is 6.40. The molecule has 0 spiro atoms. The molecule has 4 aromatic rings. The molecule has 7 nitrogen and oxygen atoms in total. The van der Waals surface area contributed by atoms with Crippen LogP contribution in [0.2, 0.25) is 5.02 Å². The number of amides is 1. The normalized spacial score (nSPS) is 10.7. The van der Waals surface area contributed by atoms with Crippen LogP contribution >= 0.6 is 22.9 Å². The highest BCUT2D eigenvalue weighted by molar-refractivity contribution is 7.18. The van der Waals surface area contributed by atoms with Crippen molar-refractivity contribution in [1.29, 1.82) is 0 Å². The fourth-order valence-corrected chi connectivity index (χ4v) is 5.35. The number of halogens is 1. The van der Waals surface area contributed by atoms with Crippen molar-refractivity contribution in [2.24, 2.45) is 0 Å². The van der Waals surface area contributed by atoms with Crippen molar-refractivity contribution in [3.63, 3.8) is 0 Å². The topological polar surface area (TPSA) is 104 Å². The molecule has 0 aliphatic carbocycles. The average Bonchev–Trinajstić information content (AvgIpc) is 3.24. The van der Waals surface area contributed by atoms with E-state index in [0.29, 0.717) is 23.5 Å². The summed E-state index contributed by atoms with van der Waals surface area (Å²) in [5.74, 6) is -2.77. The Labute approximate surface area is 228 Å². The van der Waals surface area contributed by atoms with E-state index in [-0.39, 0.29) is 21.6 Å². The Morgan fingerprint density at radius 3 is 2.11 bits per heavy atom. The third-order valence-corrected chi connectivity index (χ3v) is 7.47. The van der Waals surface area contributed by atoms with Crippen molar-refractivity contribution in [3.05, 3.63) is 99.9 Å². The zero-order chi connectivity index (χ0) is 27.2. The molecule has 38 heavy (non-hydrogen) atoms. The summed E-state index contributed by atoms with van der Waals surface area (Å²) in [5.41, 5.74) is 4.67. The molecular weight excluding hydrogens is 526 g/mol. The third-order valence-electron chi connectivity index (χ3n) is 5.79. The predicted octanol–water partition coefficient (Wildman–Crippen LogP) is 6.45. The van der Waals surface area contributed by atoms with Gasteiger partial charge in [-0.3, -0.25) is 4.79 Å². The van der Waals surface area contributed by atoms with E-state index in [2.05, 4.69) is 0 Å². The fourth-order valence-electron chi connectivity index (χ4n) is 3.95. The summed E-state index contributed by atoms with van der Waals surface area (Å²) in [7, 11) is 0. The van der Waals surface area contributed by atoms with E-state index in [9.17, 15) is 19.5 Å². The van der Waals surface area contributed by atoms with Crippen molar-refractivity contribution in [3.8, 4) is 27.3 Å². The molecule has 1 amide bonds. The van der Waals surface area contributed by atoms with Gasteiger partial charge < -0.3 is 19.8 Å². The van der Waals surface area contributed by atoms with Gasteiger partial charge in [-0.15, -0.1) is 11.3 Å². The van der Waals surface area contributed by atoms with Gasteiger partial charge in [0.2, 0.25) is 5.91 Å². The first-order chi connectivity index (χ1) is 18.2. The van der Waals surface area contributed by atoms with Gasteiger partial charge in [-0.1, -0.05) is 84.4 Å². The van der Waals surface area contributed by atoms with E-state index in [1.165, 1.54) is 6.92 Å².